The fourth-order valence-corrected chi connectivity index (χ4v) is 16.8. The largest absolute Gasteiger partial charge is 0.458 e. The van der Waals surface area contributed by atoms with Gasteiger partial charge in [0.25, 0.3) is 6.71 Å². The van der Waals surface area contributed by atoms with E-state index in [0.717, 1.165) is 11.5 Å². The lowest BCUT2D eigenvalue weighted by atomic mass is 9.35. The normalized spacial score (nSPS) is 14.2. The minimum atomic E-state index is -2.95. The Balaban J connectivity index is 1.17. The summed E-state index contributed by atoms with van der Waals surface area (Å²) in [6.07, 6.45) is 0. The van der Waals surface area contributed by atoms with Gasteiger partial charge < -0.3 is 4.74 Å². The van der Waals surface area contributed by atoms with Gasteiger partial charge in [0.05, 0.1) is 0 Å². The number of rotatable bonds is 5. The van der Waals surface area contributed by atoms with Crippen LogP contribution in [0.25, 0.3) is 22.3 Å². The summed E-state index contributed by atoms with van der Waals surface area (Å²) in [5.41, 5.74) is 12.9. The maximum Gasteiger partial charge on any atom is 0.253 e. The Morgan fingerprint density at radius 3 is 1.56 bits per heavy atom. The first-order valence-corrected chi connectivity index (χ1v) is 23.3. The van der Waals surface area contributed by atoms with Crippen molar-refractivity contribution in [3.8, 4) is 33.8 Å². The van der Waals surface area contributed by atoms with Crippen molar-refractivity contribution in [2.45, 2.75) is 15.7 Å². The van der Waals surface area contributed by atoms with Crippen molar-refractivity contribution in [2.75, 3.05) is 0 Å². The predicted molar refractivity (Wildman–Crippen MR) is 250 cm³/mol. The van der Waals surface area contributed by atoms with Crippen molar-refractivity contribution in [3.05, 3.63) is 235 Å². The molecule has 3 aliphatic heterocycles. The Morgan fingerprint density at radius 2 is 0.949 bits per heavy atom. The van der Waals surface area contributed by atoms with Crippen LogP contribution in [0.4, 0.5) is 0 Å². The lowest BCUT2D eigenvalue weighted by molar-refractivity contribution is 0.486. The van der Waals surface area contributed by atoms with Crippen LogP contribution in [0.5, 0.6) is 11.5 Å². The Labute approximate surface area is 351 Å². The minimum absolute atomic E-state index is 0.00199. The zero-order chi connectivity index (χ0) is 38.9. The monoisotopic (exact) mass is 784 g/mol. The highest BCUT2D eigenvalue weighted by molar-refractivity contribution is 8.00. The van der Waals surface area contributed by atoms with Gasteiger partial charge in [0.1, 0.15) is 11.5 Å². The second-order valence-corrected chi connectivity index (χ2v) is 20.7. The molecule has 3 aliphatic rings. The quantitative estimate of drug-likeness (QED) is 0.161. The van der Waals surface area contributed by atoms with Gasteiger partial charge in [-0.2, -0.15) is 0 Å². The maximum atomic E-state index is 6.79. The van der Waals surface area contributed by atoms with Crippen LogP contribution in [-0.4, -0.2) is 14.8 Å². The molecule has 0 spiro atoms. The van der Waals surface area contributed by atoms with Crippen molar-refractivity contribution in [3.63, 3.8) is 0 Å². The van der Waals surface area contributed by atoms with Crippen LogP contribution in [0.3, 0.4) is 0 Å². The van der Waals surface area contributed by atoms with Crippen molar-refractivity contribution in [1.82, 2.24) is 0 Å². The molecule has 0 fully saturated rings. The van der Waals surface area contributed by atoms with Crippen molar-refractivity contribution >= 4 is 63.7 Å². The highest BCUT2D eigenvalue weighted by Gasteiger charge is 2.50. The van der Waals surface area contributed by atoms with Crippen LogP contribution < -0.4 is 41.9 Å². The molecule has 0 radical (unpaired) electrons. The smallest absolute Gasteiger partial charge is 0.253 e. The van der Waals surface area contributed by atoms with E-state index in [1.807, 2.05) is 11.8 Å². The Kier molecular flexibility index (Phi) is 8.04. The van der Waals surface area contributed by atoms with Crippen LogP contribution in [0, 0.1) is 0 Å². The van der Waals surface area contributed by atoms with E-state index in [-0.39, 0.29) is 12.6 Å². The number of fused-ring (bicyclic) bond motifs is 6. The van der Waals surface area contributed by atoms with Crippen LogP contribution in [0.15, 0.2) is 228 Å². The van der Waals surface area contributed by atoms with E-state index in [9.17, 15) is 0 Å². The van der Waals surface area contributed by atoms with E-state index in [0.29, 0.717) is 0 Å². The molecule has 0 bridgehead atoms. The summed E-state index contributed by atoms with van der Waals surface area (Å²) >= 11 is 1.86. The third-order valence-electron chi connectivity index (χ3n) is 12.8. The Bertz CT molecular complexity index is 2910. The van der Waals surface area contributed by atoms with E-state index >= 15 is 0 Å². The highest BCUT2D eigenvalue weighted by Crippen LogP contribution is 2.41. The van der Waals surface area contributed by atoms with Crippen molar-refractivity contribution in [2.24, 2.45) is 0 Å². The first-order chi connectivity index (χ1) is 29.3. The lowest BCUT2D eigenvalue weighted by Crippen LogP contribution is -2.77. The lowest BCUT2D eigenvalue weighted by Gasteiger charge is -2.44. The van der Waals surface area contributed by atoms with Gasteiger partial charge in [-0.25, -0.2) is 0 Å². The SMILES string of the molecule is c1ccc(-c2ccc3c(c2)[Si](c2ccccc2)(c2ccccc2)c2cc(-c4ccccc4)ccc2C3c2ccc3c(c2)B2c4ccccc4Sc4cccc(c42)O3)cc1. The van der Waals surface area contributed by atoms with E-state index < -0.39 is 8.07 Å². The van der Waals surface area contributed by atoms with Gasteiger partial charge in [0.15, 0.2) is 8.07 Å². The molecule has 276 valence electrons. The third kappa shape index (κ3) is 5.33. The third-order valence-corrected chi connectivity index (χ3v) is 18.9. The van der Waals surface area contributed by atoms with Gasteiger partial charge in [-0.05, 0) is 94.9 Å². The molecule has 12 rings (SSSR count). The van der Waals surface area contributed by atoms with Crippen molar-refractivity contribution < 1.29 is 4.74 Å². The van der Waals surface area contributed by atoms with Crippen LogP contribution in [0.2, 0.25) is 0 Å². The van der Waals surface area contributed by atoms with Gasteiger partial charge in [-0.15, -0.1) is 0 Å². The number of hydrogen-bond acceptors (Lipinski definition) is 2. The standard InChI is InChI=1S/C55H37BOSSi/c1-5-16-37(17-6-1)39-28-31-44-52(35-39)59(42-20-9-3-10-21-42,43-22-11-4-12-23-43)53-36-40(38-18-7-2-8-19-38)29-32-45(53)54(44)41-30-33-48-47(34-41)56-46-24-13-14-26-50(46)58-51-27-15-25-49(57-48)55(51)56/h1-36,54H. The zero-order valence-corrected chi connectivity index (χ0v) is 34.1. The minimum Gasteiger partial charge on any atom is -0.458 e. The Hall–Kier alpha value is -6.59. The summed E-state index contributed by atoms with van der Waals surface area (Å²) in [5, 5.41) is 5.67. The Morgan fingerprint density at radius 1 is 0.407 bits per heavy atom. The fraction of sp³-hybridized carbons (Fsp3) is 0.0182. The number of ether oxygens (including phenoxy) is 1. The summed E-state index contributed by atoms with van der Waals surface area (Å²) in [7, 11) is -2.95. The molecule has 9 aromatic rings. The molecule has 9 aromatic carbocycles. The summed E-state index contributed by atoms with van der Waals surface area (Å²) < 4.78 is 6.79. The first-order valence-electron chi connectivity index (χ1n) is 20.5. The molecule has 1 nitrogen and oxygen atoms in total. The molecule has 0 aromatic heterocycles. The molecule has 0 unspecified atom stereocenters. The van der Waals surface area contributed by atoms with Crippen LogP contribution >= 0.6 is 11.8 Å². The number of benzene rings is 9. The van der Waals surface area contributed by atoms with E-state index in [4.69, 9.17) is 4.74 Å². The number of hydrogen-bond donors (Lipinski definition) is 0. The molecule has 0 N–H and O–H groups in total. The zero-order valence-electron chi connectivity index (χ0n) is 32.3. The van der Waals surface area contributed by atoms with Gasteiger partial charge in [0.2, 0.25) is 0 Å². The maximum absolute atomic E-state index is 6.79. The van der Waals surface area contributed by atoms with E-state index in [1.165, 1.54) is 85.9 Å². The first kappa shape index (κ1) is 34.5. The summed E-state index contributed by atoms with van der Waals surface area (Å²) in [5.74, 6) is 1.90. The van der Waals surface area contributed by atoms with Gasteiger partial charge in [-0.1, -0.05) is 211 Å². The second kappa shape index (κ2) is 13.8. The van der Waals surface area contributed by atoms with E-state index in [1.54, 1.807) is 0 Å². The van der Waals surface area contributed by atoms with Crippen LogP contribution in [0.1, 0.15) is 22.6 Å². The van der Waals surface area contributed by atoms with Crippen LogP contribution in [-0.2, 0) is 0 Å². The van der Waals surface area contributed by atoms with Gasteiger partial charge in [0, 0.05) is 15.7 Å². The highest BCUT2D eigenvalue weighted by atomic mass is 32.2. The molecule has 3 heterocycles. The summed E-state index contributed by atoms with van der Waals surface area (Å²) in [4.78, 5) is 2.59. The molecule has 0 aliphatic carbocycles. The molecule has 0 amide bonds. The molecular formula is C55H37BOSSi. The molecule has 59 heavy (non-hydrogen) atoms. The topological polar surface area (TPSA) is 9.23 Å². The fourth-order valence-electron chi connectivity index (χ4n) is 10.3. The summed E-state index contributed by atoms with van der Waals surface area (Å²) in [6, 6.07) is 81.9. The second-order valence-electron chi connectivity index (χ2n) is 15.9. The molecule has 0 saturated heterocycles. The van der Waals surface area contributed by atoms with Gasteiger partial charge >= 0.3 is 0 Å². The molecule has 0 atom stereocenters. The van der Waals surface area contributed by atoms with Gasteiger partial charge in [-0.3, -0.25) is 0 Å². The molecule has 0 saturated carbocycles. The molecular weight excluding hydrogens is 748 g/mol. The molecule has 4 heteroatoms. The van der Waals surface area contributed by atoms with E-state index in [2.05, 4.69) is 218 Å². The summed E-state index contributed by atoms with van der Waals surface area (Å²) in [6.45, 7) is 0.0906. The van der Waals surface area contributed by atoms with Crippen molar-refractivity contribution in [1.29, 1.82) is 0 Å². The average Bonchev–Trinajstić information content (AvgIpc) is 3.31. The predicted octanol–water partition coefficient (Wildman–Crippen LogP) is 8.98. The average molecular weight is 785 g/mol.